The number of nitrogens with one attached hydrogen (secondary N) is 1. The molecule has 1 N–H and O–H groups in total. The lowest BCUT2D eigenvalue weighted by molar-refractivity contribution is -0.387. The predicted molar refractivity (Wildman–Crippen MR) is 88.3 cm³/mol. The number of hydrogen-bond acceptors (Lipinski definition) is 5. The van der Waals surface area contributed by atoms with Crippen molar-refractivity contribution < 1.29 is 18.1 Å². The Bertz CT molecular complexity index is 896. The Hall–Kier alpha value is -2.26. The van der Waals surface area contributed by atoms with Crippen molar-refractivity contribution in [3.63, 3.8) is 0 Å². The van der Waals surface area contributed by atoms with Gasteiger partial charge in [-0.3, -0.25) is 14.9 Å². The van der Waals surface area contributed by atoms with Crippen LogP contribution >= 0.6 is 15.9 Å². The Balaban J connectivity index is 2.41. The number of nitrogens with zero attached hydrogens (tertiary/aromatic N) is 1. The molecule has 0 spiro atoms. The summed E-state index contributed by atoms with van der Waals surface area (Å²) < 4.78 is 23.8. The van der Waals surface area contributed by atoms with E-state index in [9.17, 15) is 23.3 Å². The predicted octanol–water partition coefficient (Wildman–Crippen LogP) is 3.01. The number of anilines is 1. The molecule has 0 aliphatic rings. The Morgan fingerprint density at radius 2 is 1.87 bits per heavy atom. The molecular formula is C14H11BrN2O5S. The highest BCUT2D eigenvalue weighted by atomic mass is 79.9. The maximum absolute atomic E-state index is 12.2. The summed E-state index contributed by atoms with van der Waals surface area (Å²) in [6.07, 6.45) is 0.871. The van der Waals surface area contributed by atoms with Crippen molar-refractivity contribution >= 4 is 43.0 Å². The number of nitro benzene ring substituents is 1. The minimum Gasteiger partial charge on any atom is -0.321 e. The Morgan fingerprint density at radius 3 is 2.43 bits per heavy atom. The Kier molecular flexibility index (Phi) is 4.81. The molecule has 0 fully saturated rings. The molecule has 120 valence electrons. The normalized spacial score (nSPS) is 11.0. The number of nitro groups is 1. The summed E-state index contributed by atoms with van der Waals surface area (Å²) in [7, 11) is -3.77. The van der Waals surface area contributed by atoms with Gasteiger partial charge in [-0.1, -0.05) is 12.1 Å². The zero-order chi connectivity index (χ0) is 17.2. The SMILES string of the molecule is CS(=O)(=O)c1ccc(C(=O)Nc2ccccc2Br)cc1[N+](=O)[O-]. The first-order chi connectivity index (χ1) is 10.7. The molecule has 23 heavy (non-hydrogen) atoms. The van der Waals surface area contributed by atoms with E-state index in [1.165, 1.54) is 6.07 Å². The van der Waals surface area contributed by atoms with Gasteiger partial charge in [0.05, 0.1) is 10.6 Å². The fourth-order valence-corrected chi connectivity index (χ4v) is 3.08. The van der Waals surface area contributed by atoms with E-state index in [4.69, 9.17) is 0 Å². The molecular weight excluding hydrogens is 388 g/mol. The first kappa shape index (κ1) is 17.1. The van der Waals surface area contributed by atoms with E-state index in [0.29, 0.717) is 10.2 Å². The summed E-state index contributed by atoms with van der Waals surface area (Å²) in [5, 5.41) is 13.7. The van der Waals surface area contributed by atoms with E-state index in [1.54, 1.807) is 24.3 Å². The number of para-hydroxylation sites is 1. The van der Waals surface area contributed by atoms with Gasteiger partial charge in [-0.25, -0.2) is 8.42 Å². The van der Waals surface area contributed by atoms with Gasteiger partial charge in [-0.05, 0) is 40.2 Å². The molecule has 0 aliphatic carbocycles. The van der Waals surface area contributed by atoms with Crippen LogP contribution in [0.1, 0.15) is 10.4 Å². The van der Waals surface area contributed by atoms with Gasteiger partial charge < -0.3 is 5.32 Å². The highest BCUT2D eigenvalue weighted by molar-refractivity contribution is 9.10. The molecule has 9 heteroatoms. The monoisotopic (exact) mass is 398 g/mol. The van der Waals surface area contributed by atoms with Gasteiger partial charge in [0.2, 0.25) is 0 Å². The smallest absolute Gasteiger partial charge is 0.288 e. The van der Waals surface area contributed by atoms with E-state index in [-0.39, 0.29) is 5.56 Å². The van der Waals surface area contributed by atoms with Gasteiger partial charge in [-0.2, -0.15) is 0 Å². The second-order valence-corrected chi connectivity index (χ2v) is 7.48. The number of rotatable bonds is 4. The number of carbonyl (C=O) groups excluding carboxylic acids is 1. The van der Waals surface area contributed by atoms with Gasteiger partial charge in [0, 0.05) is 22.4 Å². The lowest BCUT2D eigenvalue weighted by Gasteiger charge is -2.08. The second kappa shape index (κ2) is 6.47. The highest BCUT2D eigenvalue weighted by Crippen LogP contribution is 2.26. The summed E-state index contributed by atoms with van der Waals surface area (Å²) in [6, 6.07) is 10.1. The summed E-state index contributed by atoms with van der Waals surface area (Å²) >= 11 is 3.27. The number of benzene rings is 2. The second-order valence-electron chi connectivity index (χ2n) is 4.65. The van der Waals surface area contributed by atoms with Gasteiger partial charge in [0.25, 0.3) is 11.6 Å². The average molecular weight is 399 g/mol. The van der Waals surface area contributed by atoms with Crippen molar-refractivity contribution in [1.82, 2.24) is 0 Å². The van der Waals surface area contributed by atoms with Crippen LogP contribution in [0, 0.1) is 10.1 Å². The van der Waals surface area contributed by atoms with Crippen molar-refractivity contribution in [1.29, 1.82) is 0 Å². The summed E-state index contributed by atoms with van der Waals surface area (Å²) in [5.74, 6) is -0.583. The summed E-state index contributed by atoms with van der Waals surface area (Å²) in [6.45, 7) is 0. The third-order valence-electron chi connectivity index (χ3n) is 2.94. The Labute approximate surface area is 140 Å². The molecule has 0 radical (unpaired) electrons. The topological polar surface area (TPSA) is 106 Å². The molecule has 0 aromatic heterocycles. The maximum Gasteiger partial charge on any atom is 0.288 e. The van der Waals surface area contributed by atoms with Crippen molar-refractivity contribution in [3.05, 3.63) is 62.6 Å². The van der Waals surface area contributed by atoms with Crippen LogP contribution in [0.5, 0.6) is 0 Å². The third-order valence-corrected chi connectivity index (χ3v) is 4.78. The van der Waals surface area contributed by atoms with E-state index in [1.807, 2.05) is 0 Å². The van der Waals surface area contributed by atoms with Crippen LogP contribution in [0.15, 0.2) is 51.8 Å². The molecule has 7 nitrogen and oxygen atoms in total. The number of hydrogen-bond donors (Lipinski definition) is 1. The van der Waals surface area contributed by atoms with Crippen LogP contribution in [-0.4, -0.2) is 25.5 Å². The van der Waals surface area contributed by atoms with Crippen LogP contribution in [0.2, 0.25) is 0 Å². The summed E-state index contributed by atoms with van der Waals surface area (Å²) in [4.78, 5) is 22.0. The molecule has 0 aliphatic heterocycles. The van der Waals surface area contributed by atoms with Crippen molar-refractivity contribution in [3.8, 4) is 0 Å². The van der Waals surface area contributed by atoms with E-state index < -0.39 is 31.3 Å². The average Bonchev–Trinajstić information content (AvgIpc) is 2.48. The number of halogens is 1. The van der Waals surface area contributed by atoms with Crippen LogP contribution < -0.4 is 5.32 Å². The van der Waals surface area contributed by atoms with Crippen LogP contribution in [-0.2, 0) is 9.84 Å². The molecule has 0 saturated heterocycles. The Morgan fingerprint density at radius 1 is 1.22 bits per heavy atom. The highest BCUT2D eigenvalue weighted by Gasteiger charge is 2.24. The zero-order valence-corrected chi connectivity index (χ0v) is 14.2. The molecule has 2 aromatic rings. The van der Waals surface area contributed by atoms with Gasteiger partial charge in [0.1, 0.15) is 4.90 Å². The van der Waals surface area contributed by atoms with Crippen LogP contribution in [0.25, 0.3) is 0 Å². The van der Waals surface area contributed by atoms with Crippen molar-refractivity contribution in [2.24, 2.45) is 0 Å². The minimum absolute atomic E-state index is 0.0140. The van der Waals surface area contributed by atoms with Crippen molar-refractivity contribution in [2.75, 3.05) is 11.6 Å². The molecule has 0 atom stereocenters. The molecule has 0 heterocycles. The van der Waals surface area contributed by atoms with Gasteiger partial charge >= 0.3 is 0 Å². The van der Waals surface area contributed by atoms with Crippen LogP contribution in [0.4, 0.5) is 11.4 Å². The molecule has 0 saturated carbocycles. The van der Waals surface area contributed by atoms with Gasteiger partial charge in [-0.15, -0.1) is 0 Å². The quantitative estimate of drug-likeness (QED) is 0.628. The molecule has 0 bridgehead atoms. The molecule has 2 aromatic carbocycles. The first-order valence-corrected chi connectivity index (χ1v) is 8.93. The number of carbonyl (C=O) groups is 1. The van der Waals surface area contributed by atoms with Crippen LogP contribution in [0.3, 0.4) is 0 Å². The third kappa shape index (κ3) is 3.93. The molecule has 0 unspecified atom stereocenters. The standard InChI is InChI=1S/C14H11BrN2O5S/c1-23(21,22)13-7-6-9(8-12(13)17(19)20)14(18)16-11-5-3-2-4-10(11)15/h2-8H,1H3,(H,16,18). The molecule has 1 amide bonds. The molecule has 2 rings (SSSR count). The zero-order valence-electron chi connectivity index (χ0n) is 11.8. The largest absolute Gasteiger partial charge is 0.321 e. The lowest BCUT2D eigenvalue weighted by atomic mass is 10.2. The van der Waals surface area contributed by atoms with E-state index >= 15 is 0 Å². The fraction of sp³-hybridized carbons (Fsp3) is 0.0714. The minimum atomic E-state index is -3.77. The maximum atomic E-state index is 12.2. The lowest BCUT2D eigenvalue weighted by Crippen LogP contribution is -2.13. The number of amides is 1. The van der Waals surface area contributed by atoms with Gasteiger partial charge in [0.15, 0.2) is 9.84 Å². The fourth-order valence-electron chi connectivity index (χ4n) is 1.87. The summed E-state index contributed by atoms with van der Waals surface area (Å²) in [5.41, 5.74) is -0.153. The van der Waals surface area contributed by atoms with E-state index in [2.05, 4.69) is 21.2 Å². The van der Waals surface area contributed by atoms with Crippen molar-refractivity contribution in [2.45, 2.75) is 4.90 Å². The first-order valence-electron chi connectivity index (χ1n) is 6.24. The van der Waals surface area contributed by atoms with E-state index in [0.717, 1.165) is 18.4 Å². The number of sulfone groups is 1.